The number of rotatable bonds is 6. The third kappa shape index (κ3) is 3.89. The molecule has 2 heterocycles. The van der Waals surface area contributed by atoms with Crippen LogP contribution in [0.4, 0.5) is 5.13 Å². The standard InChI is InChI=1S/C13H23N5OS/c1-3-6-15-13-17-16-11(20-13)8-18-7-10(12(14)19)5-4-9(18)2/h9-10H,3-8H2,1-2H3,(H2,14,19)(H,15,17). The summed E-state index contributed by atoms with van der Waals surface area (Å²) in [6, 6.07) is 0.460. The van der Waals surface area contributed by atoms with Crippen LogP contribution >= 0.6 is 11.3 Å². The fraction of sp³-hybridized carbons (Fsp3) is 0.769. The molecule has 20 heavy (non-hydrogen) atoms. The first-order valence-corrected chi connectivity index (χ1v) is 8.01. The lowest BCUT2D eigenvalue weighted by Crippen LogP contribution is -2.45. The zero-order chi connectivity index (χ0) is 14.5. The lowest BCUT2D eigenvalue weighted by Gasteiger charge is -2.36. The first-order chi connectivity index (χ1) is 9.60. The predicted molar refractivity (Wildman–Crippen MR) is 80.5 cm³/mol. The fourth-order valence-electron chi connectivity index (χ4n) is 2.43. The third-order valence-corrected chi connectivity index (χ3v) is 4.61. The van der Waals surface area contributed by atoms with Gasteiger partial charge >= 0.3 is 0 Å². The normalized spacial score (nSPS) is 23.7. The van der Waals surface area contributed by atoms with Crippen LogP contribution in [0.1, 0.15) is 38.1 Å². The Morgan fingerprint density at radius 1 is 1.50 bits per heavy atom. The zero-order valence-corrected chi connectivity index (χ0v) is 12.9. The number of carbonyl (C=O) groups excluding carboxylic acids is 1. The van der Waals surface area contributed by atoms with Crippen molar-refractivity contribution >= 4 is 22.4 Å². The van der Waals surface area contributed by atoms with Gasteiger partial charge in [0.1, 0.15) is 5.01 Å². The number of nitrogens with two attached hydrogens (primary N) is 1. The van der Waals surface area contributed by atoms with Crippen molar-refractivity contribution in [1.82, 2.24) is 15.1 Å². The van der Waals surface area contributed by atoms with Gasteiger partial charge in [0.25, 0.3) is 0 Å². The number of aromatic nitrogens is 2. The van der Waals surface area contributed by atoms with Gasteiger partial charge in [-0.15, -0.1) is 10.2 Å². The van der Waals surface area contributed by atoms with Gasteiger partial charge in [0.2, 0.25) is 11.0 Å². The largest absolute Gasteiger partial charge is 0.369 e. The number of piperidine rings is 1. The van der Waals surface area contributed by atoms with E-state index >= 15 is 0 Å². The average molecular weight is 297 g/mol. The SMILES string of the molecule is CCCNc1nnc(CN2CC(C(N)=O)CCC2C)s1. The maximum absolute atomic E-state index is 11.3. The molecular weight excluding hydrogens is 274 g/mol. The van der Waals surface area contributed by atoms with Gasteiger partial charge in [-0.3, -0.25) is 9.69 Å². The minimum absolute atomic E-state index is 0.0307. The zero-order valence-electron chi connectivity index (χ0n) is 12.1. The van der Waals surface area contributed by atoms with Crippen molar-refractivity contribution in [1.29, 1.82) is 0 Å². The average Bonchev–Trinajstić information content (AvgIpc) is 2.86. The lowest BCUT2D eigenvalue weighted by molar-refractivity contribution is -0.124. The Balaban J connectivity index is 1.93. The molecule has 3 N–H and O–H groups in total. The summed E-state index contributed by atoms with van der Waals surface area (Å²) in [6.07, 6.45) is 2.97. The van der Waals surface area contributed by atoms with Gasteiger partial charge in [-0.25, -0.2) is 0 Å². The van der Waals surface area contributed by atoms with Crippen molar-refractivity contribution in [3.05, 3.63) is 5.01 Å². The van der Waals surface area contributed by atoms with Crippen LogP contribution in [0, 0.1) is 5.92 Å². The molecule has 1 aliphatic heterocycles. The van der Waals surface area contributed by atoms with E-state index in [1.165, 1.54) is 0 Å². The van der Waals surface area contributed by atoms with Crippen molar-refractivity contribution in [2.75, 3.05) is 18.4 Å². The number of primary amides is 1. The molecule has 1 amide bonds. The second kappa shape index (κ2) is 6.99. The van der Waals surface area contributed by atoms with Crippen LogP contribution in [0.25, 0.3) is 0 Å². The summed E-state index contributed by atoms with van der Waals surface area (Å²) in [4.78, 5) is 13.6. The Hall–Kier alpha value is -1.21. The molecular formula is C13H23N5OS. The summed E-state index contributed by atoms with van der Waals surface area (Å²) < 4.78 is 0. The van der Waals surface area contributed by atoms with E-state index in [9.17, 15) is 4.79 Å². The number of hydrogen-bond donors (Lipinski definition) is 2. The van der Waals surface area contributed by atoms with Crippen LogP contribution in [0.5, 0.6) is 0 Å². The summed E-state index contributed by atoms with van der Waals surface area (Å²) in [6.45, 7) is 6.70. The van der Waals surface area contributed by atoms with Crippen LogP contribution < -0.4 is 11.1 Å². The number of anilines is 1. The summed E-state index contributed by atoms with van der Waals surface area (Å²) in [5.74, 6) is -0.221. The highest BCUT2D eigenvalue weighted by Gasteiger charge is 2.29. The molecule has 2 unspecified atom stereocenters. The summed E-state index contributed by atoms with van der Waals surface area (Å²) in [5.41, 5.74) is 5.43. The number of hydrogen-bond acceptors (Lipinski definition) is 6. The molecule has 1 saturated heterocycles. The Morgan fingerprint density at radius 2 is 2.30 bits per heavy atom. The van der Waals surface area contributed by atoms with Crippen LogP contribution in [0.15, 0.2) is 0 Å². The van der Waals surface area contributed by atoms with Gasteiger partial charge in [-0.05, 0) is 26.2 Å². The fourth-order valence-corrected chi connectivity index (χ4v) is 3.22. The molecule has 7 heteroatoms. The van der Waals surface area contributed by atoms with E-state index in [0.29, 0.717) is 6.04 Å². The Labute approximate surface area is 123 Å². The molecule has 2 atom stereocenters. The maximum atomic E-state index is 11.3. The van der Waals surface area contributed by atoms with Gasteiger partial charge in [0.15, 0.2) is 0 Å². The molecule has 2 rings (SSSR count). The van der Waals surface area contributed by atoms with Gasteiger partial charge in [0, 0.05) is 19.1 Å². The Morgan fingerprint density at radius 3 is 3.00 bits per heavy atom. The number of likely N-dealkylation sites (tertiary alicyclic amines) is 1. The molecule has 112 valence electrons. The summed E-state index contributed by atoms with van der Waals surface area (Å²) in [7, 11) is 0. The van der Waals surface area contributed by atoms with Crippen molar-refractivity contribution in [2.45, 2.75) is 45.7 Å². The quantitative estimate of drug-likeness (QED) is 0.830. The molecule has 0 radical (unpaired) electrons. The molecule has 0 aromatic carbocycles. The molecule has 0 spiro atoms. The van der Waals surface area contributed by atoms with Crippen molar-refractivity contribution in [2.24, 2.45) is 11.7 Å². The summed E-state index contributed by atoms with van der Waals surface area (Å²) in [5, 5.41) is 13.5. The lowest BCUT2D eigenvalue weighted by atomic mass is 9.93. The molecule has 0 bridgehead atoms. The number of nitrogens with one attached hydrogen (secondary N) is 1. The van der Waals surface area contributed by atoms with Crippen LogP contribution in [0.2, 0.25) is 0 Å². The van der Waals surface area contributed by atoms with Gasteiger partial charge in [-0.2, -0.15) is 0 Å². The highest BCUT2D eigenvalue weighted by Crippen LogP contribution is 2.25. The first-order valence-electron chi connectivity index (χ1n) is 7.19. The van der Waals surface area contributed by atoms with Crippen LogP contribution in [-0.2, 0) is 11.3 Å². The first kappa shape index (κ1) is 15.2. The van der Waals surface area contributed by atoms with E-state index in [4.69, 9.17) is 5.73 Å². The highest BCUT2D eigenvalue weighted by atomic mass is 32.1. The smallest absolute Gasteiger partial charge is 0.221 e. The van der Waals surface area contributed by atoms with Crippen molar-refractivity contribution < 1.29 is 4.79 Å². The van der Waals surface area contributed by atoms with Gasteiger partial charge in [0.05, 0.1) is 12.5 Å². The minimum atomic E-state index is -0.190. The molecule has 0 aliphatic carbocycles. The Kier molecular flexibility index (Phi) is 5.31. The predicted octanol–water partition coefficient (Wildman–Crippen LogP) is 1.45. The van der Waals surface area contributed by atoms with E-state index in [1.54, 1.807) is 11.3 Å². The minimum Gasteiger partial charge on any atom is -0.369 e. The highest BCUT2D eigenvalue weighted by molar-refractivity contribution is 7.15. The van der Waals surface area contributed by atoms with E-state index in [2.05, 4.69) is 34.3 Å². The molecule has 1 aromatic rings. The summed E-state index contributed by atoms with van der Waals surface area (Å²) >= 11 is 1.59. The van der Waals surface area contributed by atoms with Gasteiger partial charge in [-0.1, -0.05) is 18.3 Å². The number of amides is 1. The monoisotopic (exact) mass is 297 g/mol. The van der Waals surface area contributed by atoms with E-state index in [1.807, 2.05) is 0 Å². The van der Waals surface area contributed by atoms with Crippen LogP contribution in [-0.4, -0.2) is 40.1 Å². The van der Waals surface area contributed by atoms with E-state index in [-0.39, 0.29) is 11.8 Å². The van der Waals surface area contributed by atoms with E-state index in [0.717, 1.165) is 49.0 Å². The molecule has 1 aliphatic rings. The molecule has 0 saturated carbocycles. The molecule has 6 nitrogen and oxygen atoms in total. The topological polar surface area (TPSA) is 84.1 Å². The number of carbonyl (C=O) groups is 1. The van der Waals surface area contributed by atoms with Crippen molar-refractivity contribution in [3.8, 4) is 0 Å². The second-order valence-electron chi connectivity index (χ2n) is 5.38. The third-order valence-electron chi connectivity index (χ3n) is 3.74. The van der Waals surface area contributed by atoms with Crippen molar-refractivity contribution in [3.63, 3.8) is 0 Å². The van der Waals surface area contributed by atoms with Gasteiger partial charge < -0.3 is 11.1 Å². The maximum Gasteiger partial charge on any atom is 0.221 e. The van der Waals surface area contributed by atoms with Crippen LogP contribution in [0.3, 0.4) is 0 Å². The molecule has 1 fully saturated rings. The molecule has 1 aromatic heterocycles. The van der Waals surface area contributed by atoms with E-state index < -0.39 is 0 Å². The Bertz CT molecular complexity index is 450. The number of nitrogens with zero attached hydrogens (tertiary/aromatic N) is 3. The second-order valence-corrected chi connectivity index (χ2v) is 6.44.